The van der Waals surface area contributed by atoms with E-state index in [1.165, 1.54) is 7.05 Å². The largest absolute Gasteiger partial charge is 0.393 e. The lowest BCUT2D eigenvalue weighted by atomic mass is 10.1. The zero-order valence-electron chi connectivity index (χ0n) is 10.1. The summed E-state index contributed by atoms with van der Waals surface area (Å²) in [6.45, 7) is 0. The molecule has 0 aliphatic rings. The number of nitrogens with two attached hydrogens (primary N) is 1. The molecule has 20 heavy (non-hydrogen) atoms. The summed E-state index contributed by atoms with van der Waals surface area (Å²) in [5.74, 6) is -1.97. The maximum Gasteiger partial charge on any atom is 0.295 e. The van der Waals surface area contributed by atoms with Crippen LogP contribution in [0.1, 0.15) is 10.4 Å². The Labute approximate surface area is 110 Å². The van der Waals surface area contributed by atoms with E-state index in [1.54, 1.807) is 0 Å². The average molecular weight is 281 g/mol. The fourth-order valence-electron chi connectivity index (χ4n) is 1.45. The zero-order valence-corrected chi connectivity index (χ0v) is 10.1. The smallest absolute Gasteiger partial charge is 0.295 e. The van der Waals surface area contributed by atoms with Gasteiger partial charge >= 0.3 is 0 Å². The zero-order chi connectivity index (χ0) is 14.9. The molecule has 2 aromatic rings. The van der Waals surface area contributed by atoms with E-state index in [2.05, 4.69) is 20.7 Å². The number of nitrogens with zero attached hydrogens (tertiary/aromatic N) is 5. The highest BCUT2D eigenvalue weighted by atomic mass is 19.1. The molecule has 0 radical (unpaired) electrons. The third-order valence-corrected chi connectivity index (χ3v) is 2.30. The second-order valence-corrected chi connectivity index (χ2v) is 3.70. The minimum absolute atomic E-state index is 0.135. The maximum atomic E-state index is 13.3. The number of anilines is 2. The number of tetrazole rings is 1. The van der Waals surface area contributed by atoms with Crippen LogP contribution < -0.4 is 11.1 Å². The summed E-state index contributed by atoms with van der Waals surface area (Å²) in [6.07, 6.45) is 0. The van der Waals surface area contributed by atoms with Crippen LogP contribution in [0.2, 0.25) is 0 Å². The van der Waals surface area contributed by atoms with Gasteiger partial charge in [-0.3, -0.25) is 20.2 Å². The van der Waals surface area contributed by atoms with Crippen LogP contribution in [-0.4, -0.2) is 31.0 Å². The van der Waals surface area contributed by atoms with E-state index < -0.39 is 28.0 Å². The number of halogens is 1. The van der Waals surface area contributed by atoms with E-state index in [0.29, 0.717) is 6.07 Å². The minimum Gasteiger partial charge on any atom is -0.393 e. The van der Waals surface area contributed by atoms with Crippen molar-refractivity contribution in [3.05, 3.63) is 33.6 Å². The second-order valence-electron chi connectivity index (χ2n) is 3.70. The predicted octanol–water partition coefficient (Wildman–Crippen LogP) is 0.0919. The summed E-state index contributed by atoms with van der Waals surface area (Å²) in [5, 5.41) is 23.5. The fraction of sp³-hybridized carbons (Fsp3) is 0.111. The van der Waals surface area contributed by atoms with Gasteiger partial charge < -0.3 is 5.73 Å². The van der Waals surface area contributed by atoms with Crippen molar-refractivity contribution in [1.82, 2.24) is 20.2 Å². The first-order chi connectivity index (χ1) is 9.38. The van der Waals surface area contributed by atoms with Gasteiger partial charge in [-0.25, -0.2) is 4.39 Å². The molecule has 0 spiro atoms. The number of rotatable bonds is 3. The molecule has 1 heterocycles. The number of nitrogens with one attached hydrogen (secondary N) is 1. The fourth-order valence-corrected chi connectivity index (χ4v) is 1.45. The van der Waals surface area contributed by atoms with Gasteiger partial charge in [0, 0.05) is 0 Å². The van der Waals surface area contributed by atoms with Crippen LogP contribution in [0.4, 0.5) is 21.7 Å². The van der Waals surface area contributed by atoms with Crippen LogP contribution in [0.25, 0.3) is 0 Å². The Balaban J connectivity index is 2.37. The van der Waals surface area contributed by atoms with Crippen molar-refractivity contribution in [3.8, 4) is 0 Å². The van der Waals surface area contributed by atoms with E-state index in [9.17, 15) is 19.3 Å². The van der Waals surface area contributed by atoms with Gasteiger partial charge in [0.25, 0.3) is 17.5 Å². The van der Waals surface area contributed by atoms with Crippen molar-refractivity contribution in [2.24, 2.45) is 7.05 Å². The Hall–Kier alpha value is -3.11. The molecule has 1 aromatic carbocycles. The Morgan fingerprint density at radius 1 is 1.55 bits per heavy atom. The van der Waals surface area contributed by atoms with Crippen LogP contribution >= 0.6 is 0 Å². The molecule has 0 fully saturated rings. The molecule has 0 aliphatic heterocycles. The summed E-state index contributed by atoms with van der Waals surface area (Å²) in [4.78, 5) is 22.8. The molecule has 104 valence electrons. The lowest BCUT2D eigenvalue weighted by molar-refractivity contribution is -0.384. The van der Waals surface area contributed by atoms with Crippen molar-refractivity contribution in [3.63, 3.8) is 0 Å². The molecule has 0 bridgehead atoms. The number of nitro groups is 1. The molecule has 0 unspecified atom stereocenters. The Morgan fingerprint density at radius 2 is 2.25 bits per heavy atom. The van der Waals surface area contributed by atoms with Gasteiger partial charge in [-0.1, -0.05) is 5.10 Å². The van der Waals surface area contributed by atoms with Crippen LogP contribution in [-0.2, 0) is 7.05 Å². The minimum atomic E-state index is -0.955. The number of benzene rings is 1. The van der Waals surface area contributed by atoms with Crippen LogP contribution in [0.3, 0.4) is 0 Å². The molecule has 1 amide bonds. The topological polar surface area (TPSA) is 142 Å². The number of nitro benzene ring substituents is 1. The summed E-state index contributed by atoms with van der Waals surface area (Å²) >= 11 is 0. The van der Waals surface area contributed by atoms with Gasteiger partial charge in [-0.05, 0) is 11.3 Å². The number of hydrogen-bond acceptors (Lipinski definition) is 7. The van der Waals surface area contributed by atoms with Crippen LogP contribution in [0.5, 0.6) is 0 Å². The van der Waals surface area contributed by atoms with E-state index in [-0.39, 0.29) is 11.5 Å². The first-order valence-electron chi connectivity index (χ1n) is 5.17. The number of aryl methyl sites for hydroxylation is 1. The molecule has 3 N–H and O–H groups in total. The number of hydrogen-bond donors (Lipinski definition) is 2. The molecular formula is C9H8FN7O3. The number of amides is 1. The summed E-state index contributed by atoms with van der Waals surface area (Å²) < 4.78 is 13.3. The molecular weight excluding hydrogens is 273 g/mol. The third-order valence-electron chi connectivity index (χ3n) is 2.30. The monoisotopic (exact) mass is 281 g/mol. The first-order valence-corrected chi connectivity index (χ1v) is 5.17. The standard InChI is InChI=1S/C9H8FN7O3/c1-16-14-9(13-15-16)12-8(18)5-2-4(10)3-6(7(5)11)17(19)20/h2-3H,11H2,1H3,(H,12,14,18). The van der Waals surface area contributed by atoms with E-state index in [0.717, 1.165) is 10.9 Å². The van der Waals surface area contributed by atoms with Gasteiger partial charge in [0.05, 0.1) is 23.6 Å². The number of carbonyl (C=O) groups excluding carboxylic acids is 1. The molecule has 0 saturated carbocycles. The summed E-state index contributed by atoms with van der Waals surface area (Å²) in [7, 11) is 1.48. The molecule has 0 aliphatic carbocycles. The van der Waals surface area contributed by atoms with E-state index in [4.69, 9.17) is 5.73 Å². The Morgan fingerprint density at radius 3 is 2.80 bits per heavy atom. The SMILES string of the molecule is Cn1nnc(NC(=O)c2cc(F)cc([N+](=O)[O-])c2N)n1. The van der Waals surface area contributed by atoms with Crippen molar-refractivity contribution in [2.45, 2.75) is 0 Å². The van der Waals surface area contributed by atoms with Gasteiger partial charge in [0.2, 0.25) is 0 Å². The van der Waals surface area contributed by atoms with E-state index >= 15 is 0 Å². The normalized spacial score (nSPS) is 10.3. The molecule has 2 rings (SSSR count). The lowest BCUT2D eigenvalue weighted by Gasteiger charge is -2.05. The lowest BCUT2D eigenvalue weighted by Crippen LogP contribution is -2.16. The van der Waals surface area contributed by atoms with Crippen molar-refractivity contribution in [1.29, 1.82) is 0 Å². The molecule has 11 heteroatoms. The molecule has 10 nitrogen and oxygen atoms in total. The van der Waals surface area contributed by atoms with Crippen molar-refractivity contribution >= 4 is 23.2 Å². The first kappa shape index (κ1) is 13.3. The van der Waals surface area contributed by atoms with Crippen LogP contribution in [0, 0.1) is 15.9 Å². The van der Waals surface area contributed by atoms with Crippen LogP contribution in [0.15, 0.2) is 12.1 Å². The highest BCUT2D eigenvalue weighted by molar-refractivity contribution is 6.08. The predicted molar refractivity (Wildman–Crippen MR) is 64.2 cm³/mol. The quantitative estimate of drug-likeness (QED) is 0.461. The third kappa shape index (κ3) is 2.50. The molecule has 1 aromatic heterocycles. The number of nitrogen functional groups attached to an aromatic ring is 1. The van der Waals surface area contributed by atoms with Crippen molar-refractivity contribution < 1.29 is 14.1 Å². The Kier molecular flexibility index (Phi) is 3.25. The molecule has 0 saturated heterocycles. The summed E-state index contributed by atoms with van der Waals surface area (Å²) in [5.41, 5.74) is 3.96. The maximum absolute atomic E-state index is 13.3. The van der Waals surface area contributed by atoms with Gasteiger partial charge in [0.1, 0.15) is 11.5 Å². The van der Waals surface area contributed by atoms with E-state index in [1.807, 2.05) is 0 Å². The average Bonchev–Trinajstić information content (AvgIpc) is 2.76. The van der Waals surface area contributed by atoms with Crippen molar-refractivity contribution in [2.75, 3.05) is 11.1 Å². The summed E-state index contributed by atoms with van der Waals surface area (Å²) in [6, 6.07) is 1.42. The highest BCUT2D eigenvalue weighted by Gasteiger charge is 2.22. The molecule has 0 atom stereocenters. The van der Waals surface area contributed by atoms with Gasteiger partial charge in [0.15, 0.2) is 0 Å². The highest BCUT2D eigenvalue weighted by Crippen LogP contribution is 2.27. The number of aromatic nitrogens is 4. The second kappa shape index (κ2) is 4.87. The Bertz CT molecular complexity index is 699. The van der Waals surface area contributed by atoms with Gasteiger partial charge in [-0.2, -0.15) is 4.80 Å². The number of carbonyl (C=O) groups is 1. The van der Waals surface area contributed by atoms with Gasteiger partial charge in [-0.15, -0.1) is 5.10 Å².